The smallest absolute Gasteiger partial charge is 0.328 e. The van der Waals surface area contributed by atoms with E-state index in [0.717, 1.165) is 12.2 Å². The Morgan fingerprint density at radius 3 is 2.59 bits per heavy atom. The molecule has 0 spiro atoms. The summed E-state index contributed by atoms with van der Waals surface area (Å²) in [5.74, 6) is -2.86. The molecule has 7 heteroatoms. The van der Waals surface area contributed by atoms with Gasteiger partial charge in [-0.15, -0.1) is 0 Å². The highest BCUT2D eigenvalue weighted by molar-refractivity contribution is 5.86. The molecule has 7 nitrogen and oxygen atoms in total. The van der Waals surface area contributed by atoms with Gasteiger partial charge in [0.25, 0.3) is 0 Å². The average molecular weight is 310 g/mol. The van der Waals surface area contributed by atoms with Crippen LogP contribution in [0.5, 0.6) is 11.5 Å². The lowest BCUT2D eigenvalue weighted by Crippen LogP contribution is -2.46. The number of aliphatic hydroxyl groups is 2. The molecule has 0 aromatic heterocycles. The molecular weight excluding hydrogens is 292 g/mol. The van der Waals surface area contributed by atoms with Crippen molar-refractivity contribution < 1.29 is 35.1 Å². The van der Waals surface area contributed by atoms with Crippen LogP contribution in [0.2, 0.25) is 0 Å². The lowest BCUT2D eigenvalue weighted by molar-refractivity contribution is -0.131. The summed E-state index contributed by atoms with van der Waals surface area (Å²) in [5, 5.41) is 48.5. The summed E-state index contributed by atoms with van der Waals surface area (Å²) in [4.78, 5) is 10.5. The van der Waals surface area contributed by atoms with Crippen LogP contribution in [-0.4, -0.2) is 56.4 Å². The molecule has 1 aromatic carbocycles. The van der Waals surface area contributed by atoms with Gasteiger partial charge < -0.3 is 30.3 Å². The summed E-state index contributed by atoms with van der Waals surface area (Å²) in [6.07, 6.45) is -0.722. The molecule has 22 heavy (non-hydrogen) atoms. The van der Waals surface area contributed by atoms with Gasteiger partial charge in [-0.25, -0.2) is 4.79 Å². The van der Waals surface area contributed by atoms with Crippen LogP contribution in [0.25, 0.3) is 6.08 Å². The lowest BCUT2D eigenvalue weighted by Gasteiger charge is -2.37. The third-order valence-electron chi connectivity index (χ3n) is 3.78. The van der Waals surface area contributed by atoms with E-state index in [2.05, 4.69) is 0 Å². The first-order valence-corrected chi connectivity index (χ1v) is 6.76. The maximum atomic E-state index is 10.5. The predicted molar refractivity (Wildman–Crippen MR) is 76.6 cm³/mol. The first kappa shape index (κ1) is 16.3. The molecule has 0 bridgehead atoms. The topological polar surface area (TPSA) is 127 Å². The van der Waals surface area contributed by atoms with Gasteiger partial charge in [-0.3, -0.25) is 0 Å². The number of phenolic OH excluding ortho intramolecular Hbond substituents is 2. The second-order valence-corrected chi connectivity index (χ2v) is 5.23. The zero-order valence-corrected chi connectivity index (χ0v) is 11.9. The van der Waals surface area contributed by atoms with Crippen molar-refractivity contribution in [2.75, 3.05) is 6.61 Å². The van der Waals surface area contributed by atoms with Gasteiger partial charge in [-0.05, 0) is 13.0 Å². The Hall–Kier alpha value is -2.09. The molecule has 0 unspecified atom stereocenters. The summed E-state index contributed by atoms with van der Waals surface area (Å²) < 4.78 is 5.34. The quantitative estimate of drug-likeness (QED) is 0.404. The van der Waals surface area contributed by atoms with Crippen molar-refractivity contribution in [1.82, 2.24) is 0 Å². The highest BCUT2D eigenvalue weighted by atomic mass is 16.5. The Kier molecular flexibility index (Phi) is 4.70. The third-order valence-corrected chi connectivity index (χ3v) is 3.78. The van der Waals surface area contributed by atoms with Gasteiger partial charge in [0.05, 0.1) is 18.8 Å². The van der Waals surface area contributed by atoms with E-state index >= 15 is 0 Å². The average Bonchev–Trinajstić information content (AvgIpc) is 2.46. The molecule has 5 N–H and O–H groups in total. The van der Waals surface area contributed by atoms with Gasteiger partial charge in [0.2, 0.25) is 0 Å². The van der Waals surface area contributed by atoms with E-state index in [0.29, 0.717) is 0 Å². The Morgan fingerprint density at radius 1 is 1.27 bits per heavy atom. The van der Waals surface area contributed by atoms with E-state index in [1.54, 1.807) is 6.92 Å². The largest absolute Gasteiger partial charge is 0.504 e. The second kappa shape index (κ2) is 6.35. The van der Waals surface area contributed by atoms with Crippen molar-refractivity contribution >= 4 is 12.0 Å². The zero-order valence-electron chi connectivity index (χ0n) is 11.9. The normalized spacial score (nSPS) is 28.9. The number of carboxylic acids is 1. The van der Waals surface area contributed by atoms with Gasteiger partial charge in [0, 0.05) is 23.1 Å². The van der Waals surface area contributed by atoms with E-state index in [4.69, 9.17) is 9.84 Å². The van der Waals surface area contributed by atoms with Gasteiger partial charge in [0.1, 0.15) is 6.10 Å². The molecule has 120 valence electrons. The number of aromatic hydroxyl groups is 2. The Labute approximate surface area is 126 Å². The Balaban J connectivity index is 2.40. The molecule has 1 aliphatic rings. The van der Waals surface area contributed by atoms with Crippen LogP contribution in [0.1, 0.15) is 24.0 Å². The van der Waals surface area contributed by atoms with Crippen LogP contribution in [0.3, 0.4) is 0 Å². The third kappa shape index (κ3) is 3.06. The van der Waals surface area contributed by atoms with Crippen molar-refractivity contribution in [1.29, 1.82) is 0 Å². The molecule has 0 amide bonds. The SMILES string of the molecule is C[C@H]1OC[C@H](O)[C@H](O)[C@@H]1c1ccc(/C=C/C(=O)O)c(O)c1O. The van der Waals surface area contributed by atoms with Crippen molar-refractivity contribution in [3.8, 4) is 11.5 Å². The number of carboxylic acid groups (broad SMARTS) is 1. The fourth-order valence-corrected chi connectivity index (χ4v) is 2.58. The predicted octanol–water partition coefficient (Wildman–Crippen LogP) is 0.420. The lowest BCUT2D eigenvalue weighted by atomic mass is 9.83. The van der Waals surface area contributed by atoms with Crippen molar-refractivity contribution in [3.05, 3.63) is 29.3 Å². The molecule has 1 aromatic rings. The fourth-order valence-electron chi connectivity index (χ4n) is 2.58. The van der Waals surface area contributed by atoms with Gasteiger partial charge in [-0.2, -0.15) is 0 Å². The Morgan fingerprint density at radius 2 is 1.95 bits per heavy atom. The number of aliphatic carboxylic acids is 1. The minimum Gasteiger partial charge on any atom is -0.504 e. The second-order valence-electron chi connectivity index (χ2n) is 5.23. The molecule has 2 rings (SSSR count). The number of aliphatic hydroxyl groups excluding tert-OH is 2. The summed E-state index contributed by atoms with van der Waals surface area (Å²) in [5.41, 5.74) is 0.354. The van der Waals surface area contributed by atoms with E-state index in [-0.39, 0.29) is 17.7 Å². The summed E-state index contributed by atoms with van der Waals surface area (Å²) in [6, 6.07) is 2.88. The first-order chi connectivity index (χ1) is 10.3. The molecule has 0 saturated carbocycles. The van der Waals surface area contributed by atoms with E-state index in [1.165, 1.54) is 12.1 Å². The minimum absolute atomic E-state index is 0.00892. The molecule has 1 heterocycles. The number of ether oxygens (including phenoxy) is 1. The maximum Gasteiger partial charge on any atom is 0.328 e. The van der Waals surface area contributed by atoms with Gasteiger partial charge in [0.15, 0.2) is 11.5 Å². The molecule has 0 aliphatic carbocycles. The van der Waals surface area contributed by atoms with Gasteiger partial charge >= 0.3 is 5.97 Å². The van der Waals surface area contributed by atoms with Crippen LogP contribution in [0.4, 0.5) is 0 Å². The van der Waals surface area contributed by atoms with Crippen molar-refractivity contribution in [2.24, 2.45) is 0 Å². The number of rotatable bonds is 3. The van der Waals surface area contributed by atoms with Crippen molar-refractivity contribution in [2.45, 2.75) is 31.2 Å². The monoisotopic (exact) mass is 310 g/mol. The fraction of sp³-hybridized carbons (Fsp3) is 0.400. The van der Waals surface area contributed by atoms with E-state index in [1.807, 2.05) is 0 Å². The summed E-state index contributed by atoms with van der Waals surface area (Å²) in [7, 11) is 0. The molecule has 1 fully saturated rings. The standard InChI is InChI=1S/C15H18O7/c1-7-12(15(21)10(16)6-22-7)9-4-2-8(3-5-11(17)18)13(19)14(9)20/h2-5,7,10,12,15-16,19-21H,6H2,1H3,(H,17,18)/b5-3+/t7-,10+,12+,15+/m1/s1. The number of benzene rings is 1. The van der Waals surface area contributed by atoms with Gasteiger partial charge in [-0.1, -0.05) is 12.1 Å². The Bertz CT molecular complexity index is 596. The molecule has 1 saturated heterocycles. The van der Waals surface area contributed by atoms with E-state index in [9.17, 15) is 25.2 Å². The first-order valence-electron chi connectivity index (χ1n) is 6.76. The number of phenols is 2. The van der Waals surface area contributed by atoms with Crippen molar-refractivity contribution in [3.63, 3.8) is 0 Å². The van der Waals surface area contributed by atoms with Crippen LogP contribution in [0, 0.1) is 0 Å². The highest BCUT2D eigenvalue weighted by Crippen LogP contribution is 2.42. The molecule has 4 atom stereocenters. The maximum absolute atomic E-state index is 10.5. The minimum atomic E-state index is -1.18. The number of hydrogen-bond donors (Lipinski definition) is 5. The highest BCUT2D eigenvalue weighted by Gasteiger charge is 2.39. The molecule has 1 aliphatic heterocycles. The zero-order chi connectivity index (χ0) is 16.4. The van der Waals surface area contributed by atoms with Crippen LogP contribution < -0.4 is 0 Å². The molecule has 0 radical (unpaired) electrons. The summed E-state index contributed by atoms with van der Waals surface area (Å²) in [6.45, 7) is 1.68. The number of carbonyl (C=O) groups is 1. The van der Waals surface area contributed by atoms with Crippen LogP contribution in [-0.2, 0) is 9.53 Å². The summed E-state index contributed by atoms with van der Waals surface area (Å²) >= 11 is 0. The van der Waals surface area contributed by atoms with Crippen LogP contribution >= 0.6 is 0 Å². The van der Waals surface area contributed by atoms with Crippen LogP contribution in [0.15, 0.2) is 18.2 Å². The number of hydrogen-bond acceptors (Lipinski definition) is 6. The van der Waals surface area contributed by atoms with E-state index < -0.39 is 41.7 Å². The molecular formula is C15H18O7.